The first-order chi connectivity index (χ1) is 13.1. The molecular formula is C19H19N5O3. The van der Waals surface area contributed by atoms with E-state index in [-0.39, 0.29) is 11.5 Å². The van der Waals surface area contributed by atoms with E-state index < -0.39 is 0 Å². The molecule has 0 spiro atoms. The van der Waals surface area contributed by atoms with Crippen molar-refractivity contribution in [1.29, 1.82) is 0 Å². The molecule has 0 unspecified atom stereocenters. The molecule has 4 aromatic heterocycles. The molecule has 0 saturated carbocycles. The number of furan rings is 1. The molecular weight excluding hydrogens is 346 g/mol. The maximum Gasteiger partial charge on any atom is 0.291 e. The second kappa shape index (κ2) is 7.06. The smallest absolute Gasteiger partial charge is 0.291 e. The Balaban J connectivity index is 1.41. The number of carbonyl (C=O) groups is 1. The van der Waals surface area contributed by atoms with Crippen LogP contribution in [0.5, 0.6) is 0 Å². The van der Waals surface area contributed by atoms with Crippen molar-refractivity contribution in [2.45, 2.75) is 32.9 Å². The van der Waals surface area contributed by atoms with Gasteiger partial charge in [0.25, 0.3) is 5.56 Å². The number of nitrogens with zero attached hydrogens (tertiary/aromatic N) is 4. The van der Waals surface area contributed by atoms with Crippen LogP contribution in [0, 0.1) is 6.92 Å². The minimum Gasteiger partial charge on any atom is -0.463 e. The number of hydrogen-bond acceptors (Lipinski definition) is 5. The van der Waals surface area contributed by atoms with Gasteiger partial charge in [0, 0.05) is 31.3 Å². The van der Waals surface area contributed by atoms with Gasteiger partial charge in [-0.2, -0.15) is 5.10 Å². The second-order valence-electron chi connectivity index (χ2n) is 6.31. The fourth-order valence-electron chi connectivity index (χ4n) is 3.15. The van der Waals surface area contributed by atoms with Crippen molar-refractivity contribution >= 4 is 22.5 Å². The third-order valence-corrected chi connectivity index (χ3v) is 4.43. The van der Waals surface area contributed by atoms with Crippen LogP contribution in [-0.4, -0.2) is 25.1 Å². The maximum atomic E-state index is 12.7. The Morgan fingerprint density at radius 3 is 2.96 bits per heavy atom. The average molecular weight is 365 g/mol. The summed E-state index contributed by atoms with van der Waals surface area (Å²) in [5, 5.41) is 7.21. The Bertz CT molecular complexity index is 1160. The van der Waals surface area contributed by atoms with Crippen molar-refractivity contribution in [3.05, 3.63) is 64.7 Å². The quantitative estimate of drug-likeness (QED) is 0.564. The zero-order chi connectivity index (χ0) is 18.8. The number of fused-ring (bicyclic) bond motifs is 3. The van der Waals surface area contributed by atoms with Crippen molar-refractivity contribution < 1.29 is 9.21 Å². The van der Waals surface area contributed by atoms with E-state index in [0.717, 1.165) is 11.2 Å². The standard InChI is InChI=1S/C19H19N5O3/c1-13-22-23(19(26)16-11-17-15(24(13)16)7-10-27-17)9-4-6-18(25)21-12-14-5-2-3-8-20-14/h2-3,5,7-8,10-11H,4,6,9,12H2,1H3,(H,21,25). The summed E-state index contributed by atoms with van der Waals surface area (Å²) in [5.41, 5.74) is 2.62. The number of amides is 1. The molecule has 4 aromatic rings. The van der Waals surface area contributed by atoms with Crippen LogP contribution in [0.2, 0.25) is 0 Å². The number of aryl methyl sites for hydroxylation is 2. The summed E-state index contributed by atoms with van der Waals surface area (Å²) in [6, 6.07) is 9.10. The summed E-state index contributed by atoms with van der Waals surface area (Å²) >= 11 is 0. The molecule has 1 amide bonds. The number of rotatable bonds is 6. The largest absolute Gasteiger partial charge is 0.463 e. The lowest BCUT2D eigenvalue weighted by molar-refractivity contribution is -0.121. The zero-order valence-corrected chi connectivity index (χ0v) is 14.9. The molecule has 0 fully saturated rings. The molecule has 0 atom stereocenters. The minimum atomic E-state index is -0.194. The van der Waals surface area contributed by atoms with Gasteiger partial charge in [0.05, 0.1) is 24.0 Å². The third-order valence-electron chi connectivity index (χ3n) is 4.43. The predicted octanol–water partition coefficient (Wildman–Crippen LogP) is 2.04. The highest BCUT2D eigenvalue weighted by molar-refractivity contribution is 5.82. The van der Waals surface area contributed by atoms with E-state index in [1.165, 1.54) is 4.68 Å². The Morgan fingerprint density at radius 1 is 1.26 bits per heavy atom. The second-order valence-corrected chi connectivity index (χ2v) is 6.31. The number of nitrogens with one attached hydrogen (secondary N) is 1. The monoisotopic (exact) mass is 365 g/mol. The first-order valence-corrected chi connectivity index (χ1v) is 8.76. The summed E-state index contributed by atoms with van der Waals surface area (Å²) in [6.45, 7) is 2.61. The van der Waals surface area contributed by atoms with Gasteiger partial charge in [-0.25, -0.2) is 4.68 Å². The fraction of sp³-hybridized carbons (Fsp3) is 0.263. The predicted molar refractivity (Wildman–Crippen MR) is 99.3 cm³/mol. The molecule has 8 heteroatoms. The highest BCUT2D eigenvalue weighted by Crippen LogP contribution is 2.19. The Morgan fingerprint density at radius 2 is 2.15 bits per heavy atom. The van der Waals surface area contributed by atoms with Crippen LogP contribution in [0.15, 0.2) is 52.0 Å². The molecule has 8 nitrogen and oxygen atoms in total. The third kappa shape index (κ3) is 3.33. The van der Waals surface area contributed by atoms with E-state index >= 15 is 0 Å². The molecule has 0 bridgehead atoms. The van der Waals surface area contributed by atoms with Gasteiger partial charge in [-0.15, -0.1) is 0 Å². The summed E-state index contributed by atoms with van der Waals surface area (Å²) in [5.74, 6) is 0.618. The van der Waals surface area contributed by atoms with Crippen molar-refractivity contribution in [3.8, 4) is 0 Å². The molecule has 4 rings (SSSR count). The van der Waals surface area contributed by atoms with Gasteiger partial charge in [0.15, 0.2) is 5.58 Å². The van der Waals surface area contributed by atoms with Crippen molar-refractivity contribution in [3.63, 3.8) is 0 Å². The summed E-state index contributed by atoms with van der Waals surface area (Å²) in [7, 11) is 0. The highest BCUT2D eigenvalue weighted by atomic mass is 16.3. The van der Waals surface area contributed by atoms with Crippen LogP contribution in [0.25, 0.3) is 16.6 Å². The van der Waals surface area contributed by atoms with E-state index in [1.54, 1.807) is 22.9 Å². The van der Waals surface area contributed by atoms with Crippen molar-refractivity contribution in [2.24, 2.45) is 0 Å². The van der Waals surface area contributed by atoms with E-state index in [1.807, 2.05) is 31.2 Å². The molecule has 4 heterocycles. The molecule has 27 heavy (non-hydrogen) atoms. The summed E-state index contributed by atoms with van der Waals surface area (Å²) in [4.78, 5) is 28.8. The number of hydrogen-bond donors (Lipinski definition) is 1. The molecule has 138 valence electrons. The van der Waals surface area contributed by atoms with Gasteiger partial charge in [0.2, 0.25) is 5.91 Å². The van der Waals surface area contributed by atoms with Gasteiger partial charge in [0.1, 0.15) is 11.3 Å². The van der Waals surface area contributed by atoms with Crippen LogP contribution < -0.4 is 10.9 Å². The first kappa shape index (κ1) is 17.0. The molecule has 0 saturated heterocycles. The van der Waals surface area contributed by atoms with E-state index in [2.05, 4.69) is 15.4 Å². The van der Waals surface area contributed by atoms with Crippen molar-refractivity contribution in [2.75, 3.05) is 0 Å². The van der Waals surface area contributed by atoms with Gasteiger partial charge in [-0.3, -0.25) is 19.0 Å². The van der Waals surface area contributed by atoms with Crippen LogP contribution in [-0.2, 0) is 17.9 Å². The molecule has 1 N–H and O–H groups in total. The Hall–Kier alpha value is -3.42. The van der Waals surface area contributed by atoms with Crippen LogP contribution >= 0.6 is 0 Å². The molecule has 0 aliphatic carbocycles. The van der Waals surface area contributed by atoms with Crippen LogP contribution in [0.4, 0.5) is 0 Å². The Kier molecular flexibility index (Phi) is 4.45. The van der Waals surface area contributed by atoms with E-state index in [9.17, 15) is 9.59 Å². The van der Waals surface area contributed by atoms with E-state index in [0.29, 0.717) is 42.9 Å². The van der Waals surface area contributed by atoms with Gasteiger partial charge in [-0.1, -0.05) is 6.07 Å². The lowest BCUT2D eigenvalue weighted by Crippen LogP contribution is -2.28. The highest BCUT2D eigenvalue weighted by Gasteiger charge is 2.14. The first-order valence-electron chi connectivity index (χ1n) is 8.76. The maximum absolute atomic E-state index is 12.7. The van der Waals surface area contributed by atoms with Crippen molar-refractivity contribution in [1.82, 2.24) is 24.5 Å². The van der Waals surface area contributed by atoms with Gasteiger partial charge in [-0.05, 0) is 25.5 Å². The average Bonchev–Trinajstić information content (AvgIpc) is 3.26. The summed E-state index contributed by atoms with van der Waals surface area (Å²) < 4.78 is 8.58. The van der Waals surface area contributed by atoms with E-state index in [4.69, 9.17) is 4.42 Å². The Labute approximate surface area is 154 Å². The molecule has 0 aliphatic rings. The zero-order valence-electron chi connectivity index (χ0n) is 14.9. The molecule has 0 aliphatic heterocycles. The van der Waals surface area contributed by atoms with Gasteiger partial charge >= 0.3 is 0 Å². The molecule has 0 aromatic carbocycles. The topological polar surface area (TPSA) is 94.4 Å². The SMILES string of the molecule is Cc1nn(CCCC(=O)NCc2ccccn2)c(=O)c2cc3occc3n12. The summed E-state index contributed by atoms with van der Waals surface area (Å²) in [6.07, 6.45) is 4.12. The fourth-order valence-corrected chi connectivity index (χ4v) is 3.15. The molecule has 0 radical (unpaired) electrons. The normalized spacial score (nSPS) is 11.3. The number of aromatic nitrogens is 4. The lowest BCUT2D eigenvalue weighted by Gasteiger charge is -2.08. The minimum absolute atomic E-state index is 0.0771. The lowest BCUT2D eigenvalue weighted by atomic mass is 10.3. The number of carbonyl (C=O) groups excluding carboxylic acids is 1. The van der Waals surface area contributed by atoms with Gasteiger partial charge < -0.3 is 9.73 Å². The van der Waals surface area contributed by atoms with Crippen LogP contribution in [0.1, 0.15) is 24.4 Å². The van der Waals surface area contributed by atoms with Crippen LogP contribution in [0.3, 0.4) is 0 Å². The number of pyridine rings is 1.